The molecule has 1 fully saturated rings. The Kier molecular flexibility index (Phi) is 9.24. The van der Waals surface area contributed by atoms with E-state index >= 15 is 0 Å². The van der Waals surface area contributed by atoms with Crippen molar-refractivity contribution in [2.75, 3.05) is 45.7 Å². The zero-order valence-electron chi connectivity index (χ0n) is 19.8. The van der Waals surface area contributed by atoms with Crippen LogP contribution in [0, 0.1) is 0 Å². The lowest BCUT2D eigenvalue weighted by Crippen LogP contribution is -2.32. The molecule has 0 unspecified atom stereocenters. The van der Waals surface area contributed by atoms with E-state index in [-0.39, 0.29) is 17.9 Å². The van der Waals surface area contributed by atoms with Crippen molar-refractivity contribution in [3.63, 3.8) is 0 Å². The summed E-state index contributed by atoms with van der Waals surface area (Å²) in [4.78, 5) is 37.1. The summed E-state index contributed by atoms with van der Waals surface area (Å²) in [5, 5.41) is 6.46. The molecule has 9 nitrogen and oxygen atoms in total. The number of nitrogens with zero attached hydrogens (tertiary/aromatic N) is 4. The Morgan fingerprint density at radius 1 is 1.29 bits per heavy atom. The lowest BCUT2D eigenvalue weighted by molar-refractivity contribution is -0.116. The van der Waals surface area contributed by atoms with Gasteiger partial charge in [0.2, 0.25) is 17.7 Å². The number of hydrogen-bond acceptors (Lipinski definition) is 7. The Morgan fingerprint density at radius 3 is 2.76 bits per heavy atom. The number of nitrogens with one attached hydrogen (secondary N) is 2. The largest absolute Gasteiger partial charge is 0.477 e. The number of carbonyl (C=O) groups is 2. The number of ether oxygens (including phenoxy) is 1. The quantitative estimate of drug-likeness (QED) is 0.498. The summed E-state index contributed by atoms with van der Waals surface area (Å²) in [6.07, 6.45) is 5.63. The van der Waals surface area contributed by atoms with E-state index in [1.54, 1.807) is 12.1 Å². The third-order valence-corrected chi connectivity index (χ3v) is 5.47. The number of amides is 2. The van der Waals surface area contributed by atoms with Crippen molar-refractivity contribution in [2.24, 2.45) is 0 Å². The smallest absolute Gasteiger partial charge is 0.253 e. The number of halogens is 1. The molecule has 1 aliphatic heterocycles. The van der Waals surface area contributed by atoms with E-state index in [0.29, 0.717) is 55.2 Å². The molecule has 2 heterocycles. The van der Waals surface area contributed by atoms with E-state index in [1.165, 1.54) is 12.3 Å². The molecule has 0 spiro atoms. The van der Waals surface area contributed by atoms with Gasteiger partial charge >= 0.3 is 0 Å². The van der Waals surface area contributed by atoms with Crippen LogP contribution in [0.15, 0.2) is 42.6 Å². The lowest BCUT2D eigenvalue weighted by Gasteiger charge is -2.17. The molecule has 1 aromatic carbocycles. The summed E-state index contributed by atoms with van der Waals surface area (Å²) in [5.74, 6) is 0.595. The zero-order chi connectivity index (χ0) is 24.5. The Hall–Kier alpha value is -3.17. The topological polar surface area (TPSA) is 99.7 Å². The molecule has 0 saturated carbocycles. The fourth-order valence-corrected chi connectivity index (χ4v) is 3.62. The molecule has 0 aliphatic carbocycles. The van der Waals surface area contributed by atoms with Crippen molar-refractivity contribution in [3.05, 3.63) is 58.8 Å². The molecule has 2 N–H and O–H groups in total. The van der Waals surface area contributed by atoms with Gasteiger partial charge in [0.15, 0.2) is 0 Å². The number of carbonyl (C=O) groups excluding carboxylic acids is 2. The van der Waals surface area contributed by atoms with E-state index in [4.69, 9.17) is 16.3 Å². The second kappa shape index (κ2) is 12.3. The second-order valence-electron chi connectivity index (χ2n) is 8.24. The number of likely N-dealkylation sites (N-methyl/N-ethyl adjacent to an activating group) is 1. The van der Waals surface area contributed by atoms with Gasteiger partial charge in [-0.3, -0.25) is 9.59 Å². The van der Waals surface area contributed by atoms with Crippen LogP contribution in [0.2, 0.25) is 5.02 Å². The van der Waals surface area contributed by atoms with Crippen molar-refractivity contribution in [1.29, 1.82) is 0 Å². The molecule has 182 valence electrons. The number of likely N-dealkylation sites (tertiary alicyclic amines) is 1. The average Bonchev–Trinajstić information content (AvgIpc) is 3.28. The first-order chi connectivity index (χ1) is 16.4. The van der Waals surface area contributed by atoms with Crippen LogP contribution in [0.1, 0.15) is 29.3 Å². The van der Waals surface area contributed by atoms with Crippen LogP contribution in [-0.4, -0.2) is 78.0 Å². The van der Waals surface area contributed by atoms with Crippen molar-refractivity contribution >= 4 is 29.4 Å². The van der Waals surface area contributed by atoms with Gasteiger partial charge in [-0.1, -0.05) is 29.8 Å². The Bertz CT molecular complexity index is 1010. The summed E-state index contributed by atoms with van der Waals surface area (Å²) >= 11 is 6.05. The number of rotatable bonds is 10. The fourth-order valence-electron chi connectivity index (χ4n) is 3.47. The molecular formula is C24H31ClN6O3. The van der Waals surface area contributed by atoms with Gasteiger partial charge in [-0.25, -0.2) is 4.98 Å². The first-order valence-electron chi connectivity index (χ1n) is 11.2. The maximum atomic E-state index is 12.9. The number of hydrogen-bond donors (Lipinski definition) is 2. The van der Waals surface area contributed by atoms with Gasteiger partial charge in [0, 0.05) is 43.9 Å². The third-order valence-electron chi connectivity index (χ3n) is 5.21. The van der Waals surface area contributed by atoms with Crippen molar-refractivity contribution in [3.8, 4) is 5.88 Å². The minimum atomic E-state index is -0.143. The van der Waals surface area contributed by atoms with Gasteiger partial charge < -0.3 is 25.2 Å². The molecule has 2 aromatic rings. The first-order valence-corrected chi connectivity index (χ1v) is 11.6. The summed E-state index contributed by atoms with van der Waals surface area (Å²) in [6, 6.07) is 7.35. The Labute approximate surface area is 205 Å². The van der Waals surface area contributed by atoms with Gasteiger partial charge in [-0.05, 0) is 45.1 Å². The van der Waals surface area contributed by atoms with Crippen LogP contribution >= 0.6 is 11.6 Å². The highest BCUT2D eigenvalue weighted by atomic mass is 35.5. The predicted octanol–water partition coefficient (Wildman–Crippen LogP) is 2.59. The van der Waals surface area contributed by atoms with Crippen LogP contribution < -0.4 is 15.4 Å². The summed E-state index contributed by atoms with van der Waals surface area (Å²) in [7, 11) is 3.88. The molecule has 34 heavy (non-hydrogen) atoms. The second-order valence-corrected chi connectivity index (χ2v) is 8.65. The van der Waals surface area contributed by atoms with E-state index in [0.717, 1.165) is 12.0 Å². The fraction of sp³-hybridized carbons (Fsp3) is 0.417. The van der Waals surface area contributed by atoms with Crippen LogP contribution in [0.25, 0.3) is 0 Å². The first kappa shape index (κ1) is 25.5. The minimum Gasteiger partial charge on any atom is -0.477 e. The molecule has 1 aromatic heterocycles. The highest BCUT2D eigenvalue weighted by Gasteiger charge is 2.27. The SMILES string of the molecule is CCOc1nc(N[C@H]2CCN(C(=O)c3ccc(CNC(=O)/C=C/CN(C)C)cc3)C2)ncc1Cl. The van der Waals surface area contributed by atoms with Crippen molar-refractivity contribution < 1.29 is 14.3 Å². The molecule has 0 bridgehead atoms. The normalized spacial score (nSPS) is 15.7. The van der Waals surface area contributed by atoms with Gasteiger partial charge in [0.25, 0.3) is 5.91 Å². The number of anilines is 1. The lowest BCUT2D eigenvalue weighted by atomic mass is 10.1. The van der Waals surface area contributed by atoms with E-state index in [1.807, 2.05) is 49.0 Å². The third kappa shape index (κ3) is 7.43. The monoisotopic (exact) mass is 486 g/mol. The van der Waals surface area contributed by atoms with Gasteiger partial charge in [-0.15, -0.1) is 0 Å². The van der Waals surface area contributed by atoms with E-state index in [9.17, 15) is 9.59 Å². The minimum absolute atomic E-state index is 0.0291. The van der Waals surface area contributed by atoms with E-state index in [2.05, 4.69) is 20.6 Å². The summed E-state index contributed by atoms with van der Waals surface area (Å²) < 4.78 is 5.41. The maximum absolute atomic E-state index is 12.9. The maximum Gasteiger partial charge on any atom is 0.253 e. The average molecular weight is 487 g/mol. The number of aromatic nitrogens is 2. The number of benzene rings is 1. The van der Waals surface area contributed by atoms with Crippen LogP contribution in [-0.2, 0) is 11.3 Å². The molecule has 10 heteroatoms. The molecule has 3 rings (SSSR count). The molecule has 1 atom stereocenters. The van der Waals surface area contributed by atoms with Gasteiger partial charge in [0.05, 0.1) is 12.8 Å². The van der Waals surface area contributed by atoms with Gasteiger partial charge in [0.1, 0.15) is 5.02 Å². The molecule has 1 saturated heterocycles. The predicted molar refractivity (Wildman–Crippen MR) is 132 cm³/mol. The highest BCUT2D eigenvalue weighted by molar-refractivity contribution is 6.31. The zero-order valence-corrected chi connectivity index (χ0v) is 20.5. The van der Waals surface area contributed by atoms with Crippen LogP contribution in [0.4, 0.5) is 5.95 Å². The molecule has 1 aliphatic rings. The van der Waals surface area contributed by atoms with Crippen LogP contribution in [0.3, 0.4) is 0 Å². The standard InChI is InChI=1S/C24H31ClN6O3/c1-4-34-22-20(25)15-27-24(29-22)28-19-11-13-31(16-19)23(33)18-9-7-17(8-10-18)14-26-21(32)6-5-12-30(2)3/h5-10,15,19H,4,11-14,16H2,1-3H3,(H,26,32)(H,27,28,29)/b6-5+/t19-/m0/s1. The molecule has 2 amide bonds. The Morgan fingerprint density at radius 2 is 2.06 bits per heavy atom. The summed E-state index contributed by atoms with van der Waals surface area (Å²) in [5.41, 5.74) is 1.54. The van der Waals surface area contributed by atoms with Crippen LogP contribution in [0.5, 0.6) is 5.88 Å². The summed E-state index contributed by atoms with van der Waals surface area (Å²) in [6.45, 7) is 4.62. The molecule has 0 radical (unpaired) electrons. The van der Waals surface area contributed by atoms with Crippen molar-refractivity contribution in [2.45, 2.75) is 25.9 Å². The molecular weight excluding hydrogens is 456 g/mol. The van der Waals surface area contributed by atoms with Crippen molar-refractivity contribution in [1.82, 2.24) is 25.1 Å². The Balaban J connectivity index is 1.49. The van der Waals surface area contributed by atoms with E-state index < -0.39 is 0 Å². The highest BCUT2D eigenvalue weighted by Crippen LogP contribution is 2.23. The van der Waals surface area contributed by atoms with Gasteiger partial charge in [-0.2, -0.15) is 4.98 Å².